The Bertz CT molecular complexity index is 753. The molecule has 6 nitrogen and oxygen atoms in total. The lowest BCUT2D eigenvalue weighted by Crippen LogP contribution is -2.40. The number of thiazole rings is 1. The molecule has 0 N–H and O–H groups in total. The molecule has 0 amide bonds. The summed E-state index contributed by atoms with van der Waals surface area (Å²) >= 11 is 1.79. The molecular weight excluding hydrogens is 308 g/mol. The van der Waals surface area contributed by atoms with Crippen molar-refractivity contribution in [1.82, 2.24) is 24.5 Å². The van der Waals surface area contributed by atoms with Gasteiger partial charge in [0, 0.05) is 38.6 Å². The van der Waals surface area contributed by atoms with Gasteiger partial charge < -0.3 is 4.90 Å². The van der Waals surface area contributed by atoms with Crippen molar-refractivity contribution < 1.29 is 0 Å². The van der Waals surface area contributed by atoms with Crippen molar-refractivity contribution in [1.29, 1.82) is 0 Å². The van der Waals surface area contributed by atoms with Crippen LogP contribution in [-0.2, 0) is 13.6 Å². The minimum Gasteiger partial charge on any atom is -0.345 e. The predicted molar refractivity (Wildman–Crippen MR) is 93.0 cm³/mol. The minimum absolute atomic E-state index is 0.557. The molecule has 1 saturated heterocycles. The largest absolute Gasteiger partial charge is 0.345 e. The molecule has 4 rings (SSSR count). The second-order valence-corrected chi connectivity index (χ2v) is 7.24. The summed E-state index contributed by atoms with van der Waals surface area (Å²) in [6, 6.07) is 2.55. The van der Waals surface area contributed by atoms with Gasteiger partial charge in [0.05, 0.1) is 10.4 Å². The highest BCUT2D eigenvalue weighted by atomic mass is 32.1. The summed E-state index contributed by atoms with van der Waals surface area (Å²) in [5.74, 6) is 0. The van der Waals surface area contributed by atoms with Gasteiger partial charge in [-0.2, -0.15) is 10.2 Å². The van der Waals surface area contributed by atoms with Gasteiger partial charge in [0.2, 0.25) is 0 Å². The molecule has 23 heavy (non-hydrogen) atoms. The van der Waals surface area contributed by atoms with E-state index in [-0.39, 0.29) is 0 Å². The molecular formula is C16H22N6S. The molecule has 4 heterocycles. The maximum atomic E-state index is 4.87. The zero-order chi connectivity index (χ0) is 15.8. The van der Waals surface area contributed by atoms with Crippen molar-refractivity contribution in [2.24, 2.45) is 7.05 Å². The second kappa shape index (κ2) is 5.96. The number of hydrogen-bond donors (Lipinski definition) is 0. The molecule has 0 aliphatic carbocycles. The van der Waals surface area contributed by atoms with Crippen LogP contribution in [0, 0.1) is 6.92 Å². The van der Waals surface area contributed by atoms with E-state index in [1.165, 1.54) is 24.0 Å². The van der Waals surface area contributed by atoms with E-state index in [9.17, 15) is 0 Å². The Morgan fingerprint density at radius 1 is 1.35 bits per heavy atom. The van der Waals surface area contributed by atoms with E-state index >= 15 is 0 Å². The van der Waals surface area contributed by atoms with Crippen molar-refractivity contribution in [2.75, 3.05) is 11.4 Å². The van der Waals surface area contributed by atoms with E-state index in [1.54, 1.807) is 11.3 Å². The first kappa shape index (κ1) is 14.7. The molecule has 3 aromatic heterocycles. The summed E-state index contributed by atoms with van der Waals surface area (Å²) < 4.78 is 5.14. The summed E-state index contributed by atoms with van der Waals surface area (Å²) in [5.41, 5.74) is 2.09. The van der Waals surface area contributed by atoms with Crippen LogP contribution in [0.4, 0.5) is 5.13 Å². The van der Waals surface area contributed by atoms with Gasteiger partial charge >= 0.3 is 0 Å². The van der Waals surface area contributed by atoms with Crippen molar-refractivity contribution >= 4 is 26.8 Å². The molecule has 0 radical (unpaired) electrons. The number of nitrogens with zero attached hydrogens (tertiary/aromatic N) is 6. The summed E-state index contributed by atoms with van der Waals surface area (Å²) in [5, 5.41) is 9.94. The van der Waals surface area contributed by atoms with Crippen LogP contribution in [0.2, 0.25) is 0 Å². The quantitative estimate of drug-likeness (QED) is 0.738. The Hall–Kier alpha value is -1.89. The number of fused-ring (bicyclic) bond motifs is 1. The average Bonchev–Trinajstić information content (AvgIpc) is 3.26. The van der Waals surface area contributed by atoms with E-state index in [0.29, 0.717) is 6.04 Å². The van der Waals surface area contributed by atoms with Gasteiger partial charge in [-0.05, 0) is 38.7 Å². The van der Waals surface area contributed by atoms with Gasteiger partial charge in [-0.3, -0.25) is 4.68 Å². The third-order valence-electron chi connectivity index (χ3n) is 4.66. The Morgan fingerprint density at radius 3 is 3.04 bits per heavy atom. The first-order valence-electron chi connectivity index (χ1n) is 8.26. The lowest BCUT2D eigenvalue weighted by Gasteiger charge is -2.35. The van der Waals surface area contributed by atoms with Gasteiger partial charge in [0.25, 0.3) is 0 Å². The highest BCUT2D eigenvalue weighted by Gasteiger charge is 2.26. The maximum Gasteiger partial charge on any atom is 0.188 e. The van der Waals surface area contributed by atoms with E-state index in [4.69, 9.17) is 4.98 Å². The molecule has 0 bridgehead atoms. The van der Waals surface area contributed by atoms with Gasteiger partial charge in [-0.25, -0.2) is 9.67 Å². The van der Waals surface area contributed by atoms with E-state index < -0.39 is 0 Å². The molecule has 0 unspecified atom stereocenters. The molecule has 1 atom stereocenters. The maximum absolute atomic E-state index is 4.87. The Labute approximate surface area is 139 Å². The van der Waals surface area contributed by atoms with Gasteiger partial charge in [-0.1, -0.05) is 11.3 Å². The topological polar surface area (TPSA) is 51.8 Å². The van der Waals surface area contributed by atoms with Gasteiger partial charge in [-0.15, -0.1) is 0 Å². The number of piperidine rings is 1. The van der Waals surface area contributed by atoms with Crippen LogP contribution in [0.15, 0.2) is 18.5 Å². The van der Waals surface area contributed by atoms with Crippen molar-refractivity contribution in [3.63, 3.8) is 0 Å². The SMILES string of the molecule is Cc1nn(C)c2nc(N3CCCC[C@H]3CCn3cccn3)sc12. The molecule has 0 saturated carbocycles. The van der Waals surface area contributed by atoms with Crippen LogP contribution < -0.4 is 4.90 Å². The molecule has 3 aromatic rings. The van der Waals surface area contributed by atoms with Crippen LogP contribution in [0.3, 0.4) is 0 Å². The highest BCUT2D eigenvalue weighted by molar-refractivity contribution is 7.22. The van der Waals surface area contributed by atoms with E-state index in [2.05, 4.69) is 22.0 Å². The van der Waals surface area contributed by atoms with Crippen LogP contribution in [-0.4, -0.2) is 37.1 Å². The number of anilines is 1. The lowest BCUT2D eigenvalue weighted by molar-refractivity contribution is 0.407. The zero-order valence-corrected chi connectivity index (χ0v) is 14.5. The number of hydrogen-bond acceptors (Lipinski definition) is 5. The predicted octanol–water partition coefficient (Wildman–Crippen LogP) is 2.98. The third kappa shape index (κ3) is 2.73. The van der Waals surface area contributed by atoms with E-state index in [1.807, 2.05) is 34.9 Å². The fraction of sp³-hybridized carbons (Fsp3) is 0.562. The zero-order valence-electron chi connectivity index (χ0n) is 13.6. The molecule has 122 valence electrons. The second-order valence-electron chi connectivity index (χ2n) is 6.26. The van der Waals surface area contributed by atoms with Crippen LogP contribution in [0.25, 0.3) is 10.3 Å². The third-order valence-corrected chi connectivity index (χ3v) is 5.85. The summed E-state index contributed by atoms with van der Waals surface area (Å²) in [6.45, 7) is 4.14. The molecule has 7 heteroatoms. The van der Waals surface area contributed by atoms with Gasteiger partial charge in [0.1, 0.15) is 0 Å². The minimum atomic E-state index is 0.557. The number of rotatable bonds is 4. The van der Waals surface area contributed by atoms with Crippen LogP contribution >= 0.6 is 11.3 Å². The summed E-state index contributed by atoms with van der Waals surface area (Å²) in [6.07, 6.45) is 8.82. The Kier molecular flexibility index (Phi) is 3.80. The summed E-state index contributed by atoms with van der Waals surface area (Å²) in [7, 11) is 1.98. The monoisotopic (exact) mass is 330 g/mol. The van der Waals surface area contributed by atoms with Gasteiger partial charge in [0.15, 0.2) is 10.8 Å². The lowest BCUT2D eigenvalue weighted by atomic mass is 10.00. The van der Waals surface area contributed by atoms with Crippen LogP contribution in [0.1, 0.15) is 31.4 Å². The fourth-order valence-corrected chi connectivity index (χ4v) is 4.59. The standard InChI is InChI=1S/C16H22N6S/c1-12-14-15(20(2)19-12)18-16(23-14)22-10-4-3-6-13(22)7-11-21-9-5-8-17-21/h5,8-9,13H,3-4,6-7,10-11H2,1-2H3/t13-/m0/s1. The molecule has 1 aliphatic heterocycles. The number of aryl methyl sites for hydroxylation is 3. The first-order chi connectivity index (χ1) is 11.2. The van der Waals surface area contributed by atoms with Crippen molar-refractivity contribution in [2.45, 2.75) is 45.2 Å². The fourth-order valence-electron chi connectivity index (χ4n) is 3.46. The Balaban J connectivity index is 1.57. The molecule has 0 aromatic carbocycles. The van der Waals surface area contributed by atoms with Crippen molar-refractivity contribution in [3.05, 3.63) is 24.2 Å². The first-order valence-corrected chi connectivity index (χ1v) is 9.08. The number of aromatic nitrogens is 5. The van der Waals surface area contributed by atoms with Crippen LogP contribution in [0.5, 0.6) is 0 Å². The molecule has 1 aliphatic rings. The smallest absolute Gasteiger partial charge is 0.188 e. The molecule has 0 spiro atoms. The van der Waals surface area contributed by atoms with E-state index in [0.717, 1.165) is 36.0 Å². The Morgan fingerprint density at radius 2 is 2.26 bits per heavy atom. The molecule has 1 fully saturated rings. The average molecular weight is 330 g/mol. The van der Waals surface area contributed by atoms with Crippen molar-refractivity contribution in [3.8, 4) is 0 Å². The summed E-state index contributed by atoms with van der Waals surface area (Å²) in [4.78, 5) is 7.39. The highest BCUT2D eigenvalue weighted by Crippen LogP contribution is 2.34. The normalized spacial score (nSPS) is 18.9.